The summed E-state index contributed by atoms with van der Waals surface area (Å²) in [7, 11) is 1.33. The van der Waals surface area contributed by atoms with E-state index < -0.39 is 5.97 Å². The summed E-state index contributed by atoms with van der Waals surface area (Å²) in [5.74, 6) is -0.466. The zero-order chi connectivity index (χ0) is 13.0. The Kier molecular flexibility index (Phi) is 5.79. The van der Waals surface area contributed by atoms with E-state index >= 15 is 0 Å². The number of hydrogen-bond donors (Lipinski definition) is 1. The highest BCUT2D eigenvalue weighted by Crippen LogP contribution is 2.10. The third-order valence-corrected chi connectivity index (χ3v) is 2.93. The lowest BCUT2D eigenvalue weighted by Crippen LogP contribution is -2.46. The smallest absolute Gasteiger partial charge is 0.337 e. The van der Waals surface area contributed by atoms with Crippen LogP contribution in [-0.4, -0.2) is 50.1 Å². The number of halogens is 1. The molecular formula is C13H17ClN2O3. The van der Waals surface area contributed by atoms with Crippen molar-refractivity contribution >= 4 is 24.3 Å². The summed E-state index contributed by atoms with van der Waals surface area (Å²) < 4.78 is 4.64. The minimum atomic E-state index is -0.426. The molecule has 0 atom stereocenters. The predicted octanol–water partition coefficient (Wildman–Crippen LogP) is 0.940. The van der Waals surface area contributed by atoms with Crippen LogP contribution in [-0.2, 0) is 4.74 Å². The lowest BCUT2D eigenvalue weighted by molar-refractivity contribution is 0.0600. The van der Waals surface area contributed by atoms with Gasteiger partial charge in [-0.1, -0.05) is 6.07 Å². The second-order valence-electron chi connectivity index (χ2n) is 4.11. The molecule has 1 aromatic carbocycles. The number of methoxy groups -OCH3 is 1. The normalized spacial score (nSPS) is 14.5. The Morgan fingerprint density at radius 3 is 2.47 bits per heavy atom. The van der Waals surface area contributed by atoms with Gasteiger partial charge in [0.2, 0.25) is 0 Å². The summed E-state index contributed by atoms with van der Waals surface area (Å²) in [6.45, 7) is 3.01. The third kappa shape index (κ3) is 3.68. The summed E-state index contributed by atoms with van der Waals surface area (Å²) in [6, 6.07) is 6.63. The molecule has 1 aromatic rings. The fourth-order valence-corrected chi connectivity index (χ4v) is 1.95. The Hall–Kier alpha value is -1.59. The maximum Gasteiger partial charge on any atom is 0.337 e. The van der Waals surface area contributed by atoms with Crippen molar-refractivity contribution in [3.05, 3.63) is 35.4 Å². The van der Waals surface area contributed by atoms with Gasteiger partial charge in [-0.2, -0.15) is 0 Å². The molecule has 1 saturated heterocycles. The van der Waals surface area contributed by atoms with Gasteiger partial charge in [-0.3, -0.25) is 4.79 Å². The zero-order valence-corrected chi connectivity index (χ0v) is 11.5. The number of hydrogen-bond acceptors (Lipinski definition) is 4. The van der Waals surface area contributed by atoms with E-state index in [1.54, 1.807) is 29.2 Å². The van der Waals surface area contributed by atoms with Crippen LogP contribution in [0.25, 0.3) is 0 Å². The predicted molar refractivity (Wildman–Crippen MR) is 73.8 cm³/mol. The van der Waals surface area contributed by atoms with Crippen molar-refractivity contribution < 1.29 is 14.3 Å². The third-order valence-electron chi connectivity index (χ3n) is 2.93. The minimum Gasteiger partial charge on any atom is -0.465 e. The van der Waals surface area contributed by atoms with Crippen LogP contribution in [0.3, 0.4) is 0 Å². The van der Waals surface area contributed by atoms with E-state index in [9.17, 15) is 9.59 Å². The molecule has 6 heteroatoms. The number of esters is 1. The Morgan fingerprint density at radius 2 is 1.84 bits per heavy atom. The van der Waals surface area contributed by atoms with Crippen LogP contribution in [0.5, 0.6) is 0 Å². The molecule has 1 fully saturated rings. The molecule has 1 aliphatic heterocycles. The number of ether oxygens (including phenoxy) is 1. The van der Waals surface area contributed by atoms with E-state index in [0.717, 1.165) is 13.1 Å². The summed E-state index contributed by atoms with van der Waals surface area (Å²) in [5.41, 5.74) is 0.929. The van der Waals surface area contributed by atoms with E-state index in [2.05, 4.69) is 10.1 Å². The van der Waals surface area contributed by atoms with Crippen molar-refractivity contribution in [1.29, 1.82) is 0 Å². The molecule has 1 amide bonds. The van der Waals surface area contributed by atoms with Crippen LogP contribution >= 0.6 is 12.4 Å². The fraction of sp³-hybridized carbons (Fsp3) is 0.385. The second-order valence-corrected chi connectivity index (χ2v) is 4.11. The van der Waals surface area contributed by atoms with Crippen LogP contribution in [0.4, 0.5) is 0 Å². The van der Waals surface area contributed by atoms with E-state index in [1.807, 2.05) is 0 Å². The molecule has 0 spiro atoms. The molecule has 1 heterocycles. The molecule has 0 saturated carbocycles. The molecule has 1 N–H and O–H groups in total. The van der Waals surface area contributed by atoms with E-state index in [0.29, 0.717) is 24.2 Å². The number of amides is 1. The standard InChI is InChI=1S/C13H16N2O3.ClH/c1-18-13(17)11-4-2-3-10(9-11)12(16)15-7-5-14-6-8-15;/h2-4,9,14H,5-8H2,1H3;1H. The lowest BCUT2D eigenvalue weighted by Gasteiger charge is -2.27. The molecule has 19 heavy (non-hydrogen) atoms. The van der Waals surface area contributed by atoms with Crippen molar-refractivity contribution in [2.75, 3.05) is 33.3 Å². The second kappa shape index (κ2) is 7.11. The van der Waals surface area contributed by atoms with Gasteiger partial charge in [0.05, 0.1) is 12.7 Å². The first-order valence-electron chi connectivity index (χ1n) is 5.91. The molecule has 0 unspecified atom stereocenters. The Balaban J connectivity index is 0.00000180. The molecule has 5 nitrogen and oxygen atoms in total. The first-order valence-corrected chi connectivity index (χ1v) is 5.91. The van der Waals surface area contributed by atoms with Crippen LogP contribution in [0.2, 0.25) is 0 Å². The van der Waals surface area contributed by atoms with Gasteiger partial charge in [-0.15, -0.1) is 12.4 Å². The summed E-state index contributed by atoms with van der Waals surface area (Å²) in [6.07, 6.45) is 0. The van der Waals surface area contributed by atoms with Gasteiger partial charge in [0.25, 0.3) is 5.91 Å². The van der Waals surface area contributed by atoms with E-state index in [4.69, 9.17) is 0 Å². The number of nitrogens with one attached hydrogen (secondary N) is 1. The summed E-state index contributed by atoms with van der Waals surface area (Å²) in [4.78, 5) is 25.4. The van der Waals surface area contributed by atoms with Crippen molar-refractivity contribution in [3.8, 4) is 0 Å². The van der Waals surface area contributed by atoms with Crippen molar-refractivity contribution in [3.63, 3.8) is 0 Å². The maximum absolute atomic E-state index is 12.2. The van der Waals surface area contributed by atoms with Crippen molar-refractivity contribution in [1.82, 2.24) is 10.2 Å². The van der Waals surface area contributed by atoms with Crippen LogP contribution in [0.15, 0.2) is 24.3 Å². The average molecular weight is 285 g/mol. The topological polar surface area (TPSA) is 58.6 Å². The number of piperazine rings is 1. The van der Waals surface area contributed by atoms with E-state index in [1.165, 1.54) is 7.11 Å². The van der Waals surface area contributed by atoms with Gasteiger partial charge < -0.3 is 15.0 Å². The van der Waals surface area contributed by atoms with Crippen molar-refractivity contribution in [2.45, 2.75) is 0 Å². The monoisotopic (exact) mass is 284 g/mol. The van der Waals surface area contributed by atoms with Gasteiger partial charge in [0, 0.05) is 31.7 Å². The number of rotatable bonds is 2. The SMILES string of the molecule is COC(=O)c1cccc(C(=O)N2CCNCC2)c1.Cl. The van der Waals surface area contributed by atoms with Crippen LogP contribution in [0, 0.1) is 0 Å². The Morgan fingerprint density at radius 1 is 1.21 bits per heavy atom. The minimum absolute atomic E-state index is 0. The summed E-state index contributed by atoms with van der Waals surface area (Å²) >= 11 is 0. The highest BCUT2D eigenvalue weighted by molar-refractivity contribution is 5.97. The van der Waals surface area contributed by atoms with Crippen LogP contribution in [0.1, 0.15) is 20.7 Å². The zero-order valence-electron chi connectivity index (χ0n) is 10.7. The number of benzene rings is 1. The van der Waals surface area contributed by atoms with Crippen LogP contribution < -0.4 is 5.32 Å². The number of nitrogens with zero attached hydrogens (tertiary/aromatic N) is 1. The Bertz CT molecular complexity index is 459. The first kappa shape index (κ1) is 15.5. The first-order chi connectivity index (χ1) is 8.72. The molecule has 1 aliphatic rings. The quantitative estimate of drug-likeness (QED) is 0.821. The summed E-state index contributed by atoms with van der Waals surface area (Å²) in [5, 5.41) is 3.19. The highest BCUT2D eigenvalue weighted by Gasteiger charge is 2.18. The molecular weight excluding hydrogens is 268 g/mol. The molecule has 0 bridgehead atoms. The number of carbonyl (C=O) groups excluding carboxylic acids is 2. The average Bonchev–Trinajstić information content (AvgIpc) is 2.46. The van der Waals surface area contributed by atoms with Gasteiger partial charge in [-0.05, 0) is 18.2 Å². The largest absolute Gasteiger partial charge is 0.465 e. The fourth-order valence-electron chi connectivity index (χ4n) is 1.95. The molecule has 104 valence electrons. The molecule has 2 rings (SSSR count). The van der Waals surface area contributed by atoms with Gasteiger partial charge in [0.1, 0.15) is 0 Å². The maximum atomic E-state index is 12.2. The van der Waals surface area contributed by atoms with Gasteiger partial charge in [0.15, 0.2) is 0 Å². The molecule has 0 aromatic heterocycles. The van der Waals surface area contributed by atoms with Gasteiger partial charge >= 0.3 is 5.97 Å². The Labute approximate surface area is 118 Å². The highest BCUT2D eigenvalue weighted by atomic mass is 35.5. The van der Waals surface area contributed by atoms with Crippen molar-refractivity contribution in [2.24, 2.45) is 0 Å². The number of carbonyl (C=O) groups is 2. The molecule has 0 aliphatic carbocycles. The lowest BCUT2D eigenvalue weighted by atomic mass is 10.1. The van der Waals surface area contributed by atoms with Gasteiger partial charge in [-0.25, -0.2) is 4.79 Å². The molecule has 0 radical (unpaired) electrons. The van der Waals surface area contributed by atoms with E-state index in [-0.39, 0.29) is 18.3 Å².